The Morgan fingerprint density at radius 1 is 1.25 bits per heavy atom. The zero-order valence-corrected chi connectivity index (χ0v) is 13.7. The van der Waals surface area contributed by atoms with Crippen molar-refractivity contribution in [2.75, 3.05) is 5.73 Å². The second-order valence-corrected chi connectivity index (χ2v) is 6.27. The van der Waals surface area contributed by atoms with Gasteiger partial charge in [-0.15, -0.1) is 0 Å². The van der Waals surface area contributed by atoms with E-state index in [1.165, 1.54) is 12.1 Å². The molecule has 0 unspecified atom stereocenters. The number of pyridine rings is 1. The first-order valence-corrected chi connectivity index (χ1v) is 7.45. The van der Waals surface area contributed by atoms with Crippen LogP contribution in [0.15, 0.2) is 39.4 Å². The van der Waals surface area contributed by atoms with Crippen LogP contribution in [0.3, 0.4) is 0 Å². The van der Waals surface area contributed by atoms with Gasteiger partial charge in [0.15, 0.2) is 0 Å². The van der Waals surface area contributed by atoms with Crippen LogP contribution in [0.4, 0.5) is 10.2 Å². The first kappa shape index (κ1) is 13.6. The zero-order valence-electron chi connectivity index (χ0n) is 10.5. The summed E-state index contributed by atoms with van der Waals surface area (Å²) >= 11 is 6.80. The molecular weight excluding hydrogens is 389 g/mol. The molecule has 102 valence electrons. The van der Waals surface area contributed by atoms with Gasteiger partial charge in [0.05, 0.1) is 0 Å². The highest BCUT2D eigenvalue weighted by molar-refractivity contribution is 9.10. The quantitative estimate of drug-likeness (QED) is 0.653. The number of aromatic nitrogens is 2. The minimum Gasteiger partial charge on any atom is -0.383 e. The summed E-state index contributed by atoms with van der Waals surface area (Å²) in [6, 6.07) is 6.45. The molecule has 0 saturated heterocycles. The number of aryl methyl sites for hydroxylation is 1. The minimum atomic E-state index is -0.304. The summed E-state index contributed by atoms with van der Waals surface area (Å²) in [5.41, 5.74) is 9.38. The van der Waals surface area contributed by atoms with Gasteiger partial charge in [0.25, 0.3) is 0 Å². The Labute approximate surface area is 131 Å². The van der Waals surface area contributed by atoms with Crippen LogP contribution in [0.1, 0.15) is 5.56 Å². The van der Waals surface area contributed by atoms with Gasteiger partial charge in [-0.25, -0.2) is 9.37 Å². The van der Waals surface area contributed by atoms with Crippen molar-refractivity contribution in [2.45, 2.75) is 6.92 Å². The Balaban J connectivity index is 2.32. The van der Waals surface area contributed by atoms with E-state index < -0.39 is 0 Å². The number of nitrogen functional groups attached to an aromatic ring is 1. The van der Waals surface area contributed by atoms with E-state index in [9.17, 15) is 4.39 Å². The summed E-state index contributed by atoms with van der Waals surface area (Å²) in [4.78, 5) is 4.58. The number of nitrogens with two attached hydrogens (primary N) is 1. The lowest BCUT2D eigenvalue weighted by Crippen LogP contribution is -1.95. The van der Waals surface area contributed by atoms with Crippen LogP contribution in [-0.4, -0.2) is 9.38 Å². The summed E-state index contributed by atoms with van der Waals surface area (Å²) in [7, 11) is 0. The number of anilines is 1. The summed E-state index contributed by atoms with van der Waals surface area (Å²) in [6.07, 6.45) is 1.87. The molecule has 0 bridgehead atoms. The molecule has 0 aliphatic carbocycles. The van der Waals surface area contributed by atoms with Crippen LogP contribution < -0.4 is 5.73 Å². The van der Waals surface area contributed by atoms with Gasteiger partial charge in [-0.2, -0.15) is 0 Å². The van der Waals surface area contributed by atoms with Gasteiger partial charge in [0, 0.05) is 20.7 Å². The van der Waals surface area contributed by atoms with Gasteiger partial charge in [0.2, 0.25) is 0 Å². The smallest absolute Gasteiger partial charge is 0.142 e. The third-order valence-corrected chi connectivity index (χ3v) is 4.18. The van der Waals surface area contributed by atoms with Crippen LogP contribution in [0, 0.1) is 12.7 Å². The van der Waals surface area contributed by atoms with Crippen LogP contribution in [-0.2, 0) is 0 Å². The number of hydrogen-bond acceptors (Lipinski definition) is 2. The molecule has 3 aromatic rings. The molecule has 6 heteroatoms. The van der Waals surface area contributed by atoms with Crippen molar-refractivity contribution < 1.29 is 4.39 Å². The molecule has 2 aromatic heterocycles. The highest BCUT2D eigenvalue weighted by Crippen LogP contribution is 2.34. The summed E-state index contributed by atoms with van der Waals surface area (Å²) in [6.45, 7) is 1.97. The highest BCUT2D eigenvalue weighted by Gasteiger charge is 2.15. The van der Waals surface area contributed by atoms with E-state index in [0.29, 0.717) is 16.0 Å². The second kappa shape index (κ2) is 4.86. The molecule has 1 aromatic carbocycles. The van der Waals surface area contributed by atoms with Crippen LogP contribution in [0.25, 0.3) is 16.9 Å². The molecule has 3 rings (SSSR count). The number of imidazole rings is 1. The van der Waals surface area contributed by atoms with E-state index in [-0.39, 0.29) is 5.82 Å². The Bertz CT molecular complexity index is 827. The fourth-order valence-corrected chi connectivity index (χ4v) is 3.25. The van der Waals surface area contributed by atoms with Gasteiger partial charge in [0.1, 0.15) is 23.0 Å². The summed E-state index contributed by atoms with van der Waals surface area (Å²) in [5.74, 6) is 0.221. The van der Waals surface area contributed by atoms with E-state index in [4.69, 9.17) is 5.73 Å². The Morgan fingerprint density at radius 3 is 2.70 bits per heavy atom. The van der Waals surface area contributed by atoms with Gasteiger partial charge in [-0.1, -0.05) is 0 Å². The van der Waals surface area contributed by atoms with Gasteiger partial charge in [-0.3, -0.25) is 4.40 Å². The van der Waals surface area contributed by atoms with Crippen molar-refractivity contribution in [3.8, 4) is 11.3 Å². The monoisotopic (exact) mass is 397 g/mol. The minimum absolute atomic E-state index is 0.304. The first-order valence-electron chi connectivity index (χ1n) is 5.86. The molecule has 2 heterocycles. The van der Waals surface area contributed by atoms with E-state index in [1.807, 2.05) is 23.6 Å². The molecule has 0 aliphatic heterocycles. The molecular formula is C14H10Br2FN3. The standard InChI is InChI=1S/C14H10Br2FN3/c1-7-4-8(15)6-20-13(18)12(19-14(7)20)10-3-2-9(17)5-11(10)16/h2-6H,18H2,1H3. The lowest BCUT2D eigenvalue weighted by Gasteiger charge is -2.03. The fourth-order valence-electron chi connectivity index (χ4n) is 2.17. The van der Waals surface area contributed by atoms with Crippen molar-refractivity contribution in [3.05, 3.63) is 50.8 Å². The number of nitrogens with zero attached hydrogens (tertiary/aromatic N) is 2. The lowest BCUT2D eigenvalue weighted by molar-refractivity contribution is 0.627. The Hall–Kier alpha value is -1.40. The van der Waals surface area contributed by atoms with Crippen molar-refractivity contribution in [2.24, 2.45) is 0 Å². The van der Waals surface area contributed by atoms with Crippen LogP contribution >= 0.6 is 31.9 Å². The predicted octanol–water partition coefficient (Wildman–Crippen LogP) is 4.56. The molecule has 20 heavy (non-hydrogen) atoms. The molecule has 0 aliphatic rings. The topological polar surface area (TPSA) is 43.3 Å². The van der Waals surface area contributed by atoms with Crippen LogP contribution in [0.5, 0.6) is 0 Å². The maximum Gasteiger partial charge on any atom is 0.142 e. The first-order chi connectivity index (χ1) is 9.47. The fraction of sp³-hybridized carbons (Fsp3) is 0.0714. The molecule has 0 saturated carbocycles. The molecule has 0 atom stereocenters. The number of benzene rings is 1. The number of fused-ring (bicyclic) bond motifs is 1. The Morgan fingerprint density at radius 2 is 2.00 bits per heavy atom. The number of halogens is 3. The summed E-state index contributed by atoms with van der Waals surface area (Å²) < 4.78 is 16.6. The van der Waals surface area contributed by atoms with Crippen molar-refractivity contribution >= 4 is 43.3 Å². The molecule has 2 N–H and O–H groups in total. The molecule has 0 radical (unpaired) electrons. The van der Waals surface area contributed by atoms with Gasteiger partial charge >= 0.3 is 0 Å². The molecule has 3 nitrogen and oxygen atoms in total. The normalized spacial score (nSPS) is 11.2. The van der Waals surface area contributed by atoms with E-state index in [1.54, 1.807) is 6.07 Å². The average molecular weight is 399 g/mol. The largest absolute Gasteiger partial charge is 0.383 e. The van der Waals surface area contributed by atoms with Crippen LogP contribution in [0.2, 0.25) is 0 Å². The third-order valence-electron chi connectivity index (χ3n) is 3.09. The van der Waals surface area contributed by atoms with E-state index in [0.717, 1.165) is 21.2 Å². The lowest BCUT2D eigenvalue weighted by atomic mass is 10.1. The van der Waals surface area contributed by atoms with E-state index >= 15 is 0 Å². The third kappa shape index (κ3) is 2.13. The average Bonchev–Trinajstić information content (AvgIpc) is 2.68. The van der Waals surface area contributed by atoms with Crippen molar-refractivity contribution in [1.82, 2.24) is 9.38 Å². The molecule has 0 spiro atoms. The number of hydrogen-bond donors (Lipinski definition) is 1. The summed E-state index contributed by atoms with van der Waals surface area (Å²) in [5, 5.41) is 0. The molecule has 0 fully saturated rings. The molecule has 0 amide bonds. The highest BCUT2D eigenvalue weighted by atomic mass is 79.9. The van der Waals surface area contributed by atoms with E-state index in [2.05, 4.69) is 36.8 Å². The predicted molar refractivity (Wildman–Crippen MR) is 85.1 cm³/mol. The maximum atomic E-state index is 13.2. The number of rotatable bonds is 1. The maximum absolute atomic E-state index is 13.2. The van der Waals surface area contributed by atoms with Gasteiger partial charge < -0.3 is 5.73 Å². The van der Waals surface area contributed by atoms with Crippen molar-refractivity contribution in [1.29, 1.82) is 0 Å². The SMILES string of the molecule is Cc1cc(Br)cn2c(N)c(-c3ccc(F)cc3Br)nc12. The Kier molecular flexibility index (Phi) is 3.30. The second-order valence-electron chi connectivity index (χ2n) is 4.50. The van der Waals surface area contributed by atoms with Crippen molar-refractivity contribution in [3.63, 3.8) is 0 Å². The van der Waals surface area contributed by atoms with Gasteiger partial charge in [-0.05, 0) is 68.6 Å². The zero-order chi connectivity index (χ0) is 14.4.